The lowest BCUT2D eigenvalue weighted by atomic mass is 10.1. The number of pyridine rings is 2. The number of fused-ring (bicyclic) bond motifs is 1. The van der Waals surface area contributed by atoms with Crippen LogP contribution in [-0.4, -0.2) is 62.6 Å². The fourth-order valence-electron chi connectivity index (χ4n) is 3.76. The SMILES string of the molecule is CCCN(CCN(C)O)c1cc(C(=O)Nc2cc3cc(-c4cnn(C)c4)ccc3cn2)ccn1. The second kappa shape index (κ2) is 10.4. The Labute approximate surface area is 198 Å². The maximum Gasteiger partial charge on any atom is 0.257 e. The lowest BCUT2D eigenvalue weighted by molar-refractivity contribution is -0.0618. The fourth-order valence-corrected chi connectivity index (χ4v) is 3.76. The van der Waals surface area contributed by atoms with E-state index in [-0.39, 0.29) is 5.91 Å². The van der Waals surface area contributed by atoms with Gasteiger partial charge in [0.05, 0.1) is 6.20 Å². The van der Waals surface area contributed by atoms with E-state index in [1.165, 1.54) is 0 Å². The number of aromatic nitrogens is 4. The van der Waals surface area contributed by atoms with Gasteiger partial charge in [0.15, 0.2) is 0 Å². The van der Waals surface area contributed by atoms with E-state index in [0.717, 1.165) is 39.9 Å². The molecule has 3 heterocycles. The van der Waals surface area contributed by atoms with Gasteiger partial charge in [-0.25, -0.2) is 9.97 Å². The minimum atomic E-state index is -0.255. The van der Waals surface area contributed by atoms with Gasteiger partial charge in [-0.05, 0) is 41.6 Å². The highest BCUT2D eigenvalue weighted by atomic mass is 16.5. The lowest BCUT2D eigenvalue weighted by Crippen LogP contribution is -2.33. The second-order valence-electron chi connectivity index (χ2n) is 8.26. The highest BCUT2D eigenvalue weighted by Gasteiger charge is 2.13. The number of nitrogens with one attached hydrogen (secondary N) is 1. The summed E-state index contributed by atoms with van der Waals surface area (Å²) < 4.78 is 1.77. The molecule has 1 aromatic carbocycles. The van der Waals surface area contributed by atoms with Crippen LogP contribution < -0.4 is 10.2 Å². The fraction of sp³-hybridized carbons (Fsp3) is 0.280. The van der Waals surface area contributed by atoms with Crippen LogP contribution in [0.1, 0.15) is 23.7 Å². The number of hydrogen-bond acceptors (Lipinski definition) is 7. The third kappa shape index (κ3) is 5.56. The van der Waals surface area contributed by atoms with E-state index in [4.69, 9.17) is 0 Å². The molecule has 0 saturated heterocycles. The van der Waals surface area contributed by atoms with Gasteiger partial charge in [0.25, 0.3) is 5.91 Å². The molecule has 2 N–H and O–H groups in total. The zero-order valence-electron chi connectivity index (χ0n) is 19.6. The molecule has 34 heavy (non-hydrogen) atoms. The second-order valence-corrected chi connectivity index (χ2v) is 8.26. The minimum absolute atomic E-state index is 0.255. The average Bonchev–Trinajstić information content (AvgIpc) is 3.27. The molecule has 0 atom stereocenters. The molecule has 4 rings (SSSR count). The molecule has 0 bridgehead atoms. The molecule has 0 fully saturated rings. The maximum atomic E-state index is 13.0. The number of hydroxylamine groups is 2. The van der Waals surface area contributed by atoms with Gasteiger partial charge in [0, 0.05) is 68.8 Å². The largest absolute Gasteiger partial charge is 0.355 e. The molecule has 4 aromatic rings. The number of hydrogen-bond donors (Lipinski definition) is 2. The first-order valence-corrected chi connectivity index (χ1v) is 11.2. The Balaban J connectivity index is 1.53. The summed E-state index contributed by atoms with van der Waals surface area (Å²) in [6, 6.07) is 11.4. The molecule has 0 spiro atoms. The number of nitrogens with zero attached hydrogens (tertiary/aromatic N) is 6. The number of anilines is 2. The quantitative estimate of drug-likeness (QED) is 0.367. The summed E-state index contributed by atoms with van der Waals surface area (Å²) >= 11 is 0. The van der Waals surface area contributed by atoms with E-state index in [9.17, 15) is 10.0 Å². The van der Waals surface area contributed by atoms with Crippen LogP contribution in [-0.2, 0) is 7.05 Å². The first-order chi connectivity index (χ1) is 16.4. The predicted molar refractivity (Wildman–Crippen MR) is 133 cm³/mol. The molecular formula is C25H29N7O2. The summed E-state index contributed by atoms with van der Waals surface area (Å²) in [5, 5.41) is 19.7. The van der Waals surface area contributed by atoms with Crippen LogP contribution in [0.15, 0.2) is 61.2 Å². The summed E-state index contributed by atoms with van der Waals surface area (Å²) in [6.07, 6.45) is 8.10. The summed E-state index contributed by atoms with van der Waals surface area (Å²) in [5.41, 5.74) is 2.57. The van der Waals surface area contributed by atoms with Gasteiger partial charge in [-0.1, -0.05) is 19.1 Å². The smallest absolute Gasteiger partial charge is 0.257 e. The van der Waals surface area contributed by atoms with E-state index in [1.54, 1.807) is 36.3 Å². The van der Waals surface area contributed by atoms with Crippen LogP contribution in [0.25, 0.3) is 21.9 Å². The number of aryl methyl sites for hydroxylation is 1. The number of rotatable bonds is 9. The third-order valence-electron chi connectivity index (χ3n) is 5.52. The highest BCUT2D eigenvalue weighted by Crippen LogP contribution is 2.25. The Morgan fingerprint density at radius 2 is 1.88 bits per heavy atom. The molecule has 0 radical (unpaired) electrons. The molecule has 176 valence electrons. The Morgan fingerprint density at radius 3 is 2.62 bits per heavy atom. The van der Waals surface area contributed by atoms with Crippen molar-refractivity contribution in [2.24, 2.45) is 7.05 Å². The van der Waals surface area contributed by atoms with Crippen molar-refractivity contribution in [2.45, 2.75) is 13.3 Å². The van der Waals surface area contributed by atoms with Crippen molar-refractivity contribution < 1.29 is 10.0 Å². The number of amides is 1. The number of carbonyl (C=O) groups excluding carboxylic acids is 1. The number of carbonyl (C=O) groups is 1. The van der Waals surface area contributed by atoms with Crippen molar-refractivity contribution >= 4 is 28.3 Å². The number of benzene rings is 1. The first-order valence-electron chi connectivity index (χ1n) is 11.2. The van der Waals surface area contributed by atoms with Gasteiger partial charge in [0.1, 0.15) is 11.6 Å². The van der Waals surface area contributed by atoms with Crippen molar-refractivity contribution in [3.63, 3.8) is 0 Å². The number of likely N-dealkylation sites (N-methyl/N-ethyl adjacent to an activating group) is 1. The topological polar surface area (TPSA) is 99.4 Å². The summed E-state index contributed by atoms with van der Waals surface area (Å²) in [5.74, 6) is 0.921. The summed E-state index contributed by atoms with van der Waals surface area (Å²) in [6.45, 7) is 3.93. The Kier molecular flexibility index (Phi) is 7.15. The lowest BCUT2D eigenvalue weighted by Gasteiger charge is -2.24. The molecular weight excluding hydrogens is 430 g/mol. The zero-order chi connectivity index (χ0) is 24.1. The van der Waals surface area contributed by atoms with Crippen LogP contribution in [0.4, 0.5) is 11.6 Å². The molecule has 0 aliphatic heterocycles. The van der Waals surface area contributed by atoms with Crippen molar-refractivity contribution in [3.8, 4) is 11.1 Å². The maximum absolute atomic E-state index is 13.0. The molecule has 9 nitrogen and oxygen atoms in total. The molecule has 0 aliphatic rings. The third-order valence-corrected chi connectivity index (χ3v) is 5.52. The molecule has 0 unspecified atom stereocenters. The first kappa shape index (κ1) is 23.3. The van der Waals surface area contributed by atoms with Gasteiger partial charge in [-0.15, -0.1) is 0 Å². The molecule has 3 aromatic heterocycles. The molecule has 1 amide bonds. The molecule has 9 heteroatoms. The van der Waals surface area contributed by atoms with Crippen LogP contribution in [0.2, 0.25) is 0 Å². The van der Waals surface area contributed by atoms with Gasteiger partial charge in [0.2, 0.25) is 0 Å². The van der Waals surface area contributed by atoms with Gasteiger partial charge in [-0.3, -0.25) is 9.48 Å². The minimum Gasteiger partial charge on any atom is -0.355 e. The standard InChI is InChI=1S/C25H29N7O2/c1-4-9-32(11-10-31(3)34)24-14-19(7-8-26-24)25(33)29-23-13-21-12-18(5-6-20(21)15-27-23)22-16-28-30(2)17-22/h5-8,12-17,34H,4,9-11H2,1-3H3,(H,27,29,33). The van der Waals surface area contributed by atoms with Crippen molar-refractivity contribution in [2.75, 3.05) is 36.9 Å². The zero-order valence-corrected chi connectivity index (χ0v) is 19.6. The van der Waals surface area contributed by atoms with Crippen LogP contribution in [0, 0.1) is 0 Å². The summed E-state index contributed by atoms with van der Waals surface area (Å²) in [7, 11) is 3.50. The van der Waals surface area contributed by atoms with Crippen molar-refractivity contribution in [1.82, 2.24) is 24.8 Å². The summed E-state index contributed by atoms with van der Waals surface area (Å²) in [4.78, 5) is 23.9. The van der Waals surface area contributed by atoms with E-state index >= 15 is 0 Å². The van der Waals surface area contributed by atoms with Crippen LogP contribution >= 0.6 is 0 Å². The van der Waals surface area contributed by atoms with Gasteiger partial charge in [-0.2, -0.15) is 10.2 Å². The Hall–Kier alpha value is -3.82. The van der Waals surface area contributed by atoms with E-state index in [1.807, 2.05) is 37.6 Å². The van der Waals surface area contributed by atoms with Gasteiger partial charge >= 0.3 is 0 Å². The Bertz CT molecular complexity index is 1290. The van der Waals surface area contributed by atoms with E-state index in [2.05, 4.69) is 38.3 Å². The van der Waals surface area contributed by atoms with Crippen molar-refractivity contribution in [3.05, 3.63) is 66.7 Å². The van der Waals surface area contributed by atoms with Gasteiger partial charge < -0.3 is 15.4 Å². The Morgan fingerprint density at radius 1 is 1.03 bits per heavy atom. The highest BCUT2D eigenvalue weighted by molar-refractivity contribution is 6.05. The average molecular weight is 460 g/mol. The van der Waals surface area contributed by atoms with E-state index in [0.29, 0.717) is 30.3 Å². The van der Waals surface area contributed by atoms with Crippen LogP contribution in [0.3, 0.4) is 0 Å². The van der Waals surface area contributed by atoms with E-state index < -0.39 is 0 Å². The van der Waals surface area contributed by atoms with Crippen LogP contribution in [0.5, 0.6) is 0 Å². The monoisotopic (exact) mass is 459 g/mol. The predicted octanol–water partition coefficient (Wildman–Crippen LogP) is 3.82. The molecule has 0 saturated carbocycles. The molecule has 0 aliphatic carbocycles. The van der Waals surface area contributed by atoms with Crippen molar-refractivity contribution in [1.29, 1.82) is 0 Å². The normalized spacial score (nSPS) is 11.2.